The van der Waals surface area contributed by atoms with Gasteiger partial charge in [0.15, 0.2) is 0 Å². The molecule has 0 N–H and O–H groups in total. The molecule has 1 saturated heterocycles. The van der Waals surface area contributed by atoms with Gasteiger partial charge in [0.05, 0.1) is 17.1 Å². The summed E-state index contributed by atoms with van der Waals surface area (Å²) in [4.78, 5) is 14.4. The van der Waals surface area contributed by atoms with Crippen LogP contribution in [0, 0.1) is 0 Å². The van der Waals surface area contributed by atoms with E-state index in [0.717, 1.165) is 5.56 Å². The molecule has 0 saturated carbocycles. The Morgan fingerprint density at radius 2 is 1.76 bits per heavy atom. The van der Waals surface area contributed by atoms with Gasteiger partial charge in [-0.15, -0.1) is 0 Å². The SMILES string of the molecule is CC1CN(S(=O)(=O)c2ccc(C(=O)N(C)Cc3cccc(Cl)c3)cc2)CC(C)O1. The first-order valence-corrected chi connectivity index (χ1v) is 11.2. The second kappa shape index (κ2) is 8.83. The molecule has 1 aliphatic heterocycles. The van der Waals surface area contributed by atoms with Crippen LogP contribution in [0.1, 0.15) is 29.8 Å². The third-order valence-corrected chi connectivity index (χ3v) is 6.86. The summed E-state index contributed by atoms with van der Waals surface area (Å²) in [5, 5.41) is 0.615. The van der Waals surface area contributed by atoms with Crippen LogP contribution in [0.25, 0.3) is 0 Å². The van der Waals surface area contributed by atoms with Gasteiger partial charge in [-0.1, -0.05) is 23.7 Å². The molecule has 8 heteroatoms. The minimum atomic E-state index is -3.63. The number of sulfonamides is 1. The summed E-state index contributed by atoms with van der Waals surface area (Å²) in [7, 11) is -1.93. The van der Waals surface area contributed by atoms with Crippen molar-refractivity contribution >= 4 is 27.5 Å². The Bertz CT molecular complexity index is 968. The molecule has 2 unspecified atom stereocenters. The first kappa shape index (κ1) is 21.8. The zero-order chi connectivity index (χ0) is 21.2. The van der Waals surface area contributed by atoms with Crippen molar-refractivity contribution in [2.75, 3.05) is 20.1 Å². The van der Waals surface area contributed by atoms with Crippen molar-refractivity contribution in [1.29, 1.82) is 0 Å². The van der Waals surface area contributed by atoms with E-state index in [1.165, 1.54) is 16.4 Å². The average molecular weight is 437 g/mol. The second-order valence-corrected chi connectivity index (χ2v) is 9.77. The maximum atomic E-state index is 12.9. The lowest BCUT2D eigenvalue weighted by atomic mass is 10.1. The van der Waals surface area contributed by atoms with Gasteiger partial charge < -0.3 is 9.64 Å². The van der Waals surface area contributed by atoms with Crippen molar-refractivity contribution in [3.8, 4) is 0 Å². The van der Waals surface area contributed by atoms with E-state index in [4.69, 9.17) is 16.3 Å². The van der Waals surface area contributed by atoms with Crippen LogP contribution in [0.4, 0.5) is 0 Å². The minimum absolute atomic E-state index is 0.158. The summed E-state index contributed by atoms with van der Waals surface area (Å²) in [5.41, 5.74) is 1.35. The fourth-order valence-electron chi connectivity index (χ4n) is 3.45. The summed E-state index contributed by atoms with van der Waals surface area (Å²) in [6, 6.07) is 13.4. The van der Waals surface area contributed by atoms with Gasteiger partial charge in [-0.25, -0.2) is 8.42 Å². The number of hydrogen-bond acceptors (Lipinski definition) is 4. The van der Waals surface area contributed by atoms with Gasteiger partial charge in [0.25, 0.3) is 5.91 Å². The number of carbonyl (C=O) groups excluding carboxylic acids is 1. The predicted molar refractivity (Wildman–Crippen MR) is 112 cm³/mol. The van der Waals surface area contributed by atoms with E-state index >= 15 is 0 Å². The number of nitrogens with zero attached hydrogens (tertiary/aromatic N) is 2. The second-order valence-electron chi connectivity index (χ2n) is 7.39. The van der Waals surface area contributed by atoms with Crippen molar-refractivity contribution in [3.63, 3.8) is 0 Å². The van der Waals surface area contributed by atoms with Gasteiger partial charge in [0, 0.05) is 37.3 Å². The predicted octanol–water partition coefficient (Wildman–Crippen LogP) is 3.41. The van der Waals surface area contributed by atoms with Gasteiger partial charge in [-0.05, 0) is 55.8 Å². The number of amides is 1. The highest BCUT2D eigenvalue weighted by molar-refractivity contribution is 7.89. The zero-order valence-electron chi connectivity index (χ0n) is 16.7. The Hall–Kier alpha value is -1.93. The molecule has 1 fully saturated rings. The minimum Gasteiger partial charge on any atom is -0.373 e. The average Bonchev–Trinajstić information content (AvgIpc) is 2.66. The van der Waals surface area contributed by atoms with Crippen molar-refractivity contribution in [2.45, 2.75) is 37.5 Å². The highest BCUT2D eigenvalue weighted by Crippen LogP contribution is 2.22. The van der Waals surface area contributed by atoms with Crippen LogP contribution in [0.3, 0.4) is 0 Å². The molecule has 6 nitrogen and oxygen atoms in total. The third kappa shape index (κ3) is 5.17. The number of rotatable bonds is 5. The number of halogens is 1. The molecule has 0 aromatic heterocycles. The molecule has 0 radical (unpaired) electrons. The molecule has 156 valence electrons. The number of benzene rings is 2. The topological polar surface area (TPSA) is 66.9 Å². The summed E-state index contributed by atoms with van der Waals surface area (Å²) in [6.45, 7) is 4.75. The molecule has 3 rings (SSSR count). The van der Waals surface area contributed by atoms with E-state index in [9.17, 15) is 13.2 Å². The monoisotopic (exact) mass is 436 g/mol. The van der Waals surface area contributed by atoms with Crippen LogP contribution in [0.5, 0.6) is 0 Å². The van der Waals surface area contributed by atoms with Crippen LogP contribution in [0.15, 0.2) is 53.4 Å². The van der Waals surface area contributed by atoms with Gasteiger partial charge >= 0.3 is 0 Å². The zero-order valence-corrected chi connectivity index (χ0v) is 18.3. The number of ether oxygens (including phenoxy) is 1. The molecular weight excluding hydrogens is 412 g/mol. The molecule has 0 bridgehead atoms. The van der Waals surface area contributed by atoms with Gasteiger partial charge in [0.1, 0.15) is 0 Å². The Balaban J connectivity index is 1.72. The normalized spacial score (nSPS) is 20.4. The molecule has 2 atom stereocenters. The van der Waals surface area contributed by atoms with Gasteiger partial charge in [-0.3, -0.25) is 4.79 Å². The molecule has 2 aromatic carbocycles. The van der Waals surface area contributed by atoms with Crippen LogP contribution in [-0.4, -0.2) is 55.9 Å². The van der Waals surface area contributed by atoms with E-state index in [-0.39, 0.29) is 23.0 Å². The highest BCUT2D eigenvalue weighted by Gasteiger charge is 2.32. The largest absolute Gasteiger partial charge is 0.373 e. The van der Waals surface area contributed by atoms with E-state index in [2.05, 4.69) is 0 Å². The number of morpholine rings is 1. The molecule has 2 aromatic rings. The van der Waals surface area contributed by atoms with Crippen LogP contribution < -0.4 is 0 Å². The van der Waals surface area contributed by atoms with Crippen molar-refractivity contribution in [2.24, 2.45) is 0 Å². The Morgan fingerprint density at radius 3 is 2.34 bits per heavy atom. The maximum absolute atomic E-state index is 12.9. The lowest BCUT2D eigenvalue weighted by Gasteiger charge is -2.34. The molecule has 0 spiro atoms. The standard InChI is InChI=1S/C21H25ClN2O4S/c1-15-12-24(13-16(2)28-15)29(26,27)20-9-7-18(8-10-20)21(25)23(3)14-17-5-4-6-19(22)11-17/h4-11,15-16H,12-14H2,1-3H3. The quantitative estimate of drug-likeness (QED) is 0.720. The Labute approximate surface area is 177 Å². The van der Waals surface area contributed by atoms with Crippen LogP contribution in [-0.2, 0) is 21.3 Å². The molecule has 1 aliphatic rings. The fraction of sp³-hybridized carbons (Fsp3) is 0.381. The molecule has 1 heterocycles. The molecule has 1 amide bonds. The van der Waals surface area contributed by atoms with Gasteiger partial charge in [-0.2, -0.15) is 4.31 Å². The van der Waals surface area contributed by atoms with Gasteiger partial charge in [0.2, 0.25) is 10.0 Å². The van der Waals surface area contributed by atoms with E-state index in [0.29, 0.717) is 30.2 Å². The maximum Gasteiger partial charge on any atom is 0.253 e. The summed E-state index contributed by atoms with van der Waals surface area (Å²) in [6.07, 6.45) is -0.316. The number of hydrogen-bond donors (Lipinski definition) is 0. The first-order valence-electron chi connectivity index (χ1n) is 9.42. The Kier molecular flexibility index (Phi) is 6.63. The van der Waals surface area contributed by atoms with E-state index in [1.54, 1.807) is 30.1 Å². The van der Waals surface area contributed by atoms with Crippen LogP contribution >= 0.6 is 11.6 Å². The van der Waals surface area contributed by atoms with E-state index in [1.807, 2.05) is 32.0 Å². The smallest absolute Gasteiger partial charge is 0.253 e. The summed E-state index contributed by atoms with van der Waals surface area (Å²) in [5.74, 6) is -0.192. The highest BCUT2D eigenvalue weighted by atomic mass is 35.5. The van der Waals surface area contributed by atoms with E-state index < -0.39 is 10.0 Å². The molecular formula is C21H25ClN2O4S. The molecule has 29 heavy (non-hydrogen) atoms. The third-order valence-electron chi connectivity index (χ3n) is 4.78. The lowest BCUT2D eigenvalue weighted by Crippen LogP contribution is -2.48. The van der Waals surface area contributed by atoms with Crippen LogP contribution in [0.2, 0.25) is 5.02 Å². The van der Waals surface area contributed by atoms with Crippen molar-refractivity contribution in [1.82, 2.24) is 9.21 Å². The first-order chi connectivity index (χ1) is 13.7. The summed E-state index contributed by atoms with van der Waals surface area (Å²) < 4.78 is 32.9. The van der Waals surface area contributed by atoms with Crippen molar-refractivity contribution in [3.05, 3.63) is 64.7 Å². The summed E-state index contributed by atoms with van der Waals surface area (Å²) >= 11 is 5.99. The van der Waals surface area contributed by atoms with Crippen molar-refractivity contribution < 1.29 is 17.9 Å². The Morgan fingerprint density at radius 1 is 1.14 bits per heavy atom. The molecule has 0 aliphatic carbocycles. The lowest BCUT2D eigenvalue weighted by molar-refractivity contribution is -0.0440. The fourth-order valence-corrected chi connectivity index (χ4v) is 5.25. The number of carbonyl (C=O) groups is 1.